The van der Waals surface area contributed by atoms with Crippen LogP contribution in [-0.2, 0) is 4.79 Å². The van der Waals surface area contributed by atoms with Crippen LogP contribution in [0.15, 0.2) is 24.3 Å². The van der Waals surface area contributed by atoms with Gasteiger partial charge < -0.3 is 9.64 Å². The van der Waals surface area contributed by atoms with E-state index in [1.807, 2.05) is 31.3 Å². The fourth-order valence-corrected chi connectivity index (χ4v) is 2.56. The number of methoxy groups -OCH3 is 1. The second-order valence-corrected chi connectivity index (χ2v) is 4.93. The first kappa shape index (κ1) is 12.9. The molecule has 98 valence electrons. The van der Waals surface area contributed by atoms with Crippen LogP contribution in [0.1, 0.15) is 32.1 Å². The zero-order chi connectivity index (χ0) is 13.0. The van der Waals surface area contributed by atoms with E-state index in [4.69, 9.17) is 4.74 Å². The van der Waals surface area contributed by atoms with Crippen molar-refractivity contribution in [3.63, 3.8) is 0 Å². The van der Waals surface area contributed by atoms with Crippen LogP contribution in [0, 0.1) is 5.92 Å². The molecule has 1 aliphatic rings. The average molecular weight is 247 g/mol. The van der Waals surface area contributed by atoms with Crippen molar-refractivity contribution in [1.82, 2.24) is 0 Å². The van der Waals surface area contributed by atoms with E-state index in [2.05, 4.69) is 0 Å². The van der Waals surface area contributed by atoms with Gasteiger partial charge in [0.15, 0.2) is 0 Å². The van der Waals surface area contributed by atoms with Crippen LogP contribution < -0.4 is 9.64 Å². The monoisotopic (exact) mass is 247 g/mol. The molecule has 0 radical (unpaired) electrons. The molecule has 1 fully saturated rings. The topological polar surface area (TPSA) is 29.5 Å². The van der Waals surface area contributed by atoms with Crippen LogP contribution in [-0.4, -0.2) is 20.1 Å². The molecular weight excluding hydrogens is 226 g/mol. The number of carbonyl (C=O) groups excluding carboxylic acids is 1. The number of hydrogen-bond donors (Lipinski definition) is 0. The molecule has 3 nitrogen and oxygen atoms in total. The molecule has 1 aromatic rings. The van der Waals surface area contributed by atoms with Crippen LogP contribution >= 0.6 is 0 Å². The van der Waals surface area contributed by atoms with Crippen molar-refractivity contribution in [1.29, 1.82) is 0 Å². The second-order valence-electron chi connectivity index (χ2n) is 4.93. The lowest BCUT2D eigenvalue weighted by Crippen LogP contribution is -2.33. The standard InChI is InChI=1S/C15H21NO2/c1-16(13-8-10-14(18-2)11-9-13)15(17)12-6-4-3-5-7-12/h8-12H,3-7H2,1-2H3. The molecular formula is C15H21NO2. The van der Waals surface area contributed by atoms with Gasteiger partial charge in [0.25, 0.3) is 0 Å². The Morgan fingerprint density at radius 3 is 2.33 bits per heavy atom. The van der Waals surface area contributed by atoms with E-state index in [1.54, 1.807) is 12.0 Å². The van der Waals surface area contributed by atoms with Gasteiger partial charge in [-0.15, -0.1) is 0 Å². The smallest absolute Gasteiger partial charge is 0.229 e. The molecule has 3 heteroatoms. The van der Waals surface area contributed by atoms with Gasteiger partial charge in [0.1, 0.15) is 5.75 Å². The van der Waals surface area contributed by atoms with E-state index in [1.165, 1.54) is 19.3 Å². The van der Waals surface area contributed by atoms with Gasteiger partial charge in [-0.25, -0.2) is 0 Å². The number of carbonyl (C=O) groups is 1. The van der Waals surface area contributed by atoms with Gasteiger partial charge in [0.05, 0.1) is 7.11 Å². The summed E-state index contributed by atoms with van der Waals surface area (Å²) in [7, 11) is 3.50. The van der Waals surface area contributed by atoms with Crippen LogP contribution in [0.3, 0.4) is 0 Å². The van der Waals surface area contributed by atoms with Crippen molar-refractivity contribution < 1.29 is 9.53 Å². The van der Waals surface area contributed by atoms with Gasteiger partial charge in [0, 0.05) is 18.7 Å². The first-order valence-corrected chi connectivity index (χ1v) is 6.64. The quantitative estimate of drug-likeness (QED) is 0.820. The molecule has 1 aromatic carbocycles. The summed E-state index contributed by atoms with van der Waals surface area (Å²) in [6.45, 7) is 0. The fraction of sp³-hybridized carbons (Fsp3) is 0.533. The molecule has 0 aromatic heterocycles. The molecule has 0 spiro atoms. The molecule has 0 aliphatic heterocycles. The Balaban J connectivity index is 2.04. The lowest BCUT2D eigenvalue weighted by Gasteiger charge is -2.26. The number of benzene rings is 1. The van der Waals surface area contributed by atoms with E-state index in [0.29, 0.717) is 0 Å². The van der Waals surface area contributed by atoms with Crippen molar-refractivity contribution in [3.8, 4) is 5.75 Å². The van der Waals surface area contributed by atoms with Crippen LogP contribution in [0.5, 0.6) is 5.75 Å². The van der Waals surface area contributed by atoms with E-state index in [9.17, 15) is 4.79 Å². The van der Waals surface area contributed by atoms with Gasteiger partial charge >= 0.3 is 0 Å². The molecule has 1 aliphatic carbocycles. The maximum Gasteiger partial charge on any atom is 0.229 e. The van der Waals surface area contributed by atoms with Gasteiger partial charge in [-0.3, -0.25) is 4.79 Å². The maximum absolute atomic E-state index is 12.3. The normalized spacial score (nSPS) is 16.3. The summed E-state index contributed by atoms with van der Waals surface area (Å²) in [5, 5.41) is 0. The number of anilines is 1. The lowest BCUT2D eigenvalue weighted by atomic mass is 9.88. The SMILES string of the molecule is COc1ccc(N(C)C(=O)C2CCCCC2)cc1. The van der Waals surface area contributed by atoms with Crippen LogP contribution in [0.4, 0.5) is 5.69 Å². The predicted octanol–water partition coefficient (Wildman–Crippen LogP) is 3.24. The molecule has 0 N–H and O–H groups in total. The Morgan fingerprint density at radius 1 is 1.17 bits per heavy atom. The molecule has 0 saturated heterocycles. The Labute approximate surface area is 109 Å². The molecule has 0 bridgehead atoms. The largest absolute Gasteiger partial charge is 0.497 e. The maximum atomic E-state index is 12.3. The Bertz CT molecular complexity index is 393. The van der Waals surface area contributed by atoms with E-state index >= 15 is 0 Å². The van der Waals surface area contributed by atoms with Crippen LogP contribution in [0.25, 0.3) is 0 Å². The summed E-state index contributed by atoms with van der Waals surface area (Å²) in [4.78, 5) is 14.1. The molecule has 1 saturated carbocycles. The molecule has 18 heavy (non-hydrogen) atoms. The summed E-state index contributed by atoms with van der Waals surface area (Å²) < 4.78 is 5.12. The van der Waals surface area contributed by atoms with Crippen molar-refractivity contribution in [2.45, 2.75) is 32.1 Å². The number of nitrogens with zero attached hydrogens (tertiary/aromatic N) is 1. The highest BCUT2D eigenvalue weighted by Gasteiger charge is 2.24. The zero-order valence-electron chi connectivity index (χ0n) is 11.2. The summed E-state index contributed by atoms with van der Waals surface area (Å²) >= 11 is 0. The highest BCUT2D eigenvalue weighted by atomic mass is 16.5. The fourth-order valence-electron chi connectivity index (χ4n) is 2.56. The minimum atomic E-state index is 0.214. The van der Waals surface area contributed by atoms with E-state index < -0.39 is 0 Å². The van der Waals surface area contributed by atoms with Crippen LogP contribution in [0.2, 0.25) is 0 Å². The molecule has 0 atom stereocenters. The molecule has 2 rings (SSSR count). The van der Waals surface area contributed by atoms with E-state index in [0.717, 1.165) is 24.3 Å². The Hall–Kier alpha value is -1.51. The summed E-state index contributed by atoms with van der Waals surface area (Å²) in [5.74, 6) is 1.28. The highest BCUT2D eigenvalue weighted by molar-refractivity contribution is 5.94. The summed E-state index contributed by atoms with van der Waals surface area (Å²) in [6, 6.07) is 7.64. The second kappa shape index (κ2) is 5.89. The highest BCUT2D eigenvalue weighted by Crippen LogP contribution is 2.27. The van der Waals surface area contributed by atoms with Crippen molar-refractivity contribution >= 4 is 11.6 Å². The minimum Gasteiger partial charge on any atom is -0.497 e. The lowest BCUT2D eigenvalue weighted by molar-refractivity contribution is -0.123. The van der Waals surface area contributed by atoms with Gasteiger partial charge in [-0.1, -0.05) is 19.3 Å². The summed E-state index contributed by atoms with van der Waals surface area (Å²) in [5.41, 5.74) is 0.936. The van der Waals surface area contributed by atoms with Gasteiger partial charge in [-0.2, -0.15) is 0 Å². The third kappa shape index (κ3) is 2.84. The van der Waals surface area contributed by atoms with Crippen molar-refractivity contribution in [2.75, 3.05) is 19.1 Å². The minimum absolute atomic E-state index is 0.214. The number of rotatable bonds is 3. The number of amides is 1. The molecule has 1 amide bonds. The first-order valence-electron chi connectivity index (χ1n) is 6.64. The van der Waals surface area contributed by atoms with Gasteiger partial charge in [-0.05, 0) is 37.1 Å². The zero-order valence-corrected chi connectivity index (χ0v) is 11.2. The van der Waals surface area contributed by atoms with E-state index in [-0.39, 0.29) is 11.8 Å². The Morgan fingerprint density at radius 2 is 1.78 bits per heavy atom. The first-order chi connectivity index (χ1) is 8.72. The number of ether oxygens (including phenoxy) is 1. The Kier molecular flexibility index (Phi) is 4.24. The molecule has 0 heterocycles. The summed E-state index contributed by atoms with van der Waals surface area (Å²) in [6.07, 6.45) is 5.73. The van der Waals surface area contributed by atoms with Crippen molar-refractivity contribution in [2.24, 2.45) is 5.92 Å². The third-order valence-electron chi connectivity index (χ3n) is 3.74. The average Bonchev–Trinajstić information content (AvgIpc) is 2.47. The third-order valence-corrected chi connectivity index (χ3v) is 3.74. The van der Waals surface area contributed by atoms with Crippen molar-refractivity contribution in [3.05, 3.63) is 24.3 Å². The predicted molar refractivity (Wildman–Crippen MR) is 73.0 cm³/mol. The van der Waals surface area contributed by atoms with Gasteiger partial charge in [0.2, 0.25) is 5.91 Å². The molecule has 0 unspecified atom stereocenters. The number of hydrogen-bond acceptors (Lipinski definition) is 2.